The van der Waals surface area contributed by atoms with Gasteiger partial charge in [-0.2, -0.15) is 0 Å². The predicted molar refractivity (Wildman–Crippen MR) is 88.0 cm³/mol. The van der Waals surface area contributed by atoms with Crippen molar-refractivity contribution in [1.29, 1.82) is 0 Å². The summed E-state index contributed by atoms with van der Waals surface area (Å²) in [5.41, 5.74) is 3.05. The van der Waals surface area contributed by atoms with Gasteiger partial charge in [0.15, 0.2) is 8.77 Å². The summed E-state index contributed by atoms with van der Waals surface area (Å²) in [4.78, 5) is 0.358. The Morgan fingerprint density at radius 3 is 2.38 bits per heavy atom. The second-order valence-corrected chi connectivity index (χ2v) is 7.68. The van der Waals surface area contributed by atoms with E-state index in [1.54, 1.807) is 13.2 Å². The summed E-state index contributed by atoms with van der Waals surface area (Å²) in [6.45, 7) is 1.96. The molecule has 0 radical (unpaired) electrons. The maximum absolute atomic E-state index is 11.8. The Hall–Kier alpha value is -1.43. The Labute approximate surface area is 130 Å². The molecule has 5 heteroatoms. The van der Waals surface area contributed by atoms with Crippen molar-refractivity contribution in [2.24, 2.45) is 0 Å². The quantitative estimate of drug-likeness (QED) is 0.917. The van der Waals surface area contributed by atoms with E-state index in [0.717, 1.165) is 28.9 Å². The van der Waals surface area contributed by atoms with Gasteiger partial charge in [0, 0.05) is 11.2 Å². The summed E-state index contributed by atoms with van der Waals surface area (Å²) >= 11 is 4.71. The maximum Gasteiger partial charge on any atom is 0.171 e. The highest BCUT2D eigenvalue weighted by molar-refractivity contribution is 8.29. The molecular formula is C16H18O3S2. The highest BCUT2D eigenvalue weighted by Crippen LogP contribution is 2.20. The van der Waals surface area contributed by atoms with Crippen LogP contribution in [0.4, 0.5) is 0 Å². The van der Waals surface area contributed by atoms with E-state index in [1.165, 1.54) is 0 Å². The minimum absolute atomic E-state index is 0.358. The zero-order valence-corrected chi connectivity index (χ0v) is 13.7. The Bertz CT molecular complexity index is 720. The first-order chi connectivity index (χ1) is 9.90. The van der Waals surface area contributed by atoms with Gasteiger partial charge in [-0.3, -0.25) is 0 Å². The molecule has 0 bridgehead atoms. The third-order valence-corrected chi connectivity index (χ3v) is 4.83. The molecule has 0 saturated heterocycles. The van der Waals surface area contributed by atoms with Crippen LogP contribution in [0, 0.1) is 6.92 Å². The number of benzene rings is 2. The lowest BCUT2D eigenvalue weighted by atomic mass is 10.0. The minimum atomic E-state index is -3.35. The van der Waals surface area contributed by atoms with Crippen LogP contribution in [0.5, 0.6) is 5.75 Å². The van der Waals surface area contributed by atoms with Crippen molar-refractivity contribution in [3.8, 4) is 5.75 Å². The molecule has 1 unspecified atom stereocenters. The molecule has 0 aromatic heterocycles. The number of methoxy groups -OCH3 is 1. The minimum Gasteiger partial charge on any atom is -0.497 e. The zero-order chi connectivity index (χ0) is 15.5. The molecule has 0 aliphatic heterocycles. The van der Waals surface area contributed by atoms with Gasteiger partial charge < -0.3 is 9.29 Å². The van der Waals surface area contributed by atoms with Gasteiger partial charge in [0.25, 0.3) is 0 Å². The van der Waals surface area contributed by atoms with E-state index in [2.05, 4.69) is 0 Å². The molecule has 3 nitrogen and oxygen atoms in total. The van der Waals surface area contributed by atoms with Crippen molar-refractivity contribution in [2.45, 2.75) is 24.7 Å². The highest BCUT2D eigenvalue weighted by atomic mass is 32.8. The third-order valence-electron chi connectivity index (χ3n) is 3.34. The second-order valence-electron chi connectivity index (χ2n) is 4.93. The molecule has 0 heterocycles. The smallest absolute Gasteiger partial charge is 0.171 e. The fourth-order valence-electron chi connectivity index (χ4n) is 2.23. The number of hydrogen-bond donors (Lipinski definition) is 1. The van der Waals surface area contributed by atoms with Crippen molar-refractivity contribution in [3.63, 3.8) is 0 Å². The van der Waals surface area contributed by atoms with Crippen LogP contribution in [0.3, 0.4) is 0 Å². The summed E-state index contributed by atoms with van der Waals surface area (Å²) < 4.78 is 26.5. The molecule has 112 valence electrons. The number of hydrogen-bond acceptors (Lipinski definition) is 3. The summed E-state index contributed by atoms with van der Waals surface area (Å²) in [5, 5.41) is 0. The van der Waals surface area contributed by atoms with Gasteiger partial charge in [0.05, 0.1) is 12.0 Å². The molecule has 21 heavy (non-hydrogen) atoms. The maximum atomic E-state index is 11.8. The lowest BCUT2D eigenvalue weighted by Crippen LogP contribution is -2.04. The molecule has 2 aromatic rings. The molecule has 1 atom stereocenters. The number of ether oxygens (including phenoxy) is 1. The normalized spacial score (nSPS) is 13.7. The van der Waals surface area contributed by atoms with Crippen LogP contribution in [0.15, 0.2) is 47.4 Å². The predicted octanol–water partition coefficient (Wildman–Crippen LogP) is 3.37. The van der Waals surface area contributed by atoms with Gasteiger partial charge in [0.1, 0.15) is 5.75 Å². The Kier molecular flexibility index (Phi) is 4.98. The van der Waals surface area contributed by atoms with Gasteiger partial charge in [-0.05, 0) is 49.1 Å². The van der Waals surface area contributed by atoms with Crippen molar-refractivity contribution in [3.05, 3.63) is 59.2 Å². The molecule has 1 N–H and O–H groups in total. The van der Waals surface area contributed by atoms with Crippen LogP contribution in [0.2, 0.25) is 0 Å². The van der Waals surface area contributed by atoms with Crippen molar-refractivity contribution in [1.82, 2.24) is 0 Å². The first kappa shape index (κ1) is 15.9. The van der Waals surface area contributed by atoms with Gasteiger partial charge >= 0.3 is 0 Å². The van der Waals surface area contributed by atoms with Crippen LogP contribution in [-0.2, 0) is 32.8 Å². The molecule has 0 fully saturated rings. The molecule has 2 rings (SSSR count). The Morgan fingerprint density at radius 2 is 1.81 bits per heavy atom. The SMILES string of the molecule is COc1ccc(CCc2cc(C)ccc2S(=O)(O)=S)cc1. The summed E-state index contributed by atoms with van der Waals surface area (Å²) in [6.07, 6.45) is 1.46. The zero-order valence-electron chi connectivity index (χ0n) is 12.0. The number of rotatable bonds is 5. The molecule has 0 spiro atoms. The first-order valence-electron chi connectivity index (χ1n) is 6.60. The summed E-state index contributed by atoms with van der Waals surface area (Å²) in [6, 6.07) is 13.2. The van der Waals surface area contributed by atoms with Crippen LogP contribution in [0.25, 0.3) is 0 Å². The standard InChI is InChI=1S/C16H18O3S2/c1-12-3-10-16(21(17,18)20)14(11-12)7-4-13-5-8-15(19-2)9-6-13/h3,5-6,8-11H,4,7H2,1-2H3,(H,17,18,20). The number of aryl methyl sites for hydroxylation is 3. The van der Waals surface area contributed by atoms with E-state index >= 15 is 0 Å². The van der Waals surface area contributed by atoms with Crippen molar-refractivity contribution >= 4 is 20.0 Å². The van der Waals surface area contributed by atoms with Crippen molar-refractivity contribution < 1.29 is 13.5 Å². The largest absolute Gasteiger partial charge is 0.497 e. The van der Waals surface area contributed by atoms with E-state index < -0.39 is 8.77 Å². The summed E-state index contributed by atoms with van der Waals surface area (Å²) in [5.74, 6) is 0.818. The van der Waals surface area contributed by atoms with Crippen LogP contribution in [0.1, 0.15) is 16.7 Å². The lowest BCUT2D eigenvalue weighted by molar-refractivity contribution is 0.414. The van der Waals surface area contributed by atoms with Crippen LogP contribution >= 0.6 is 0 Å². The average Bonchev–Trinajstić information content (AvgIpc) is 2.44. The van der Waals surface area contributed by atoms with Gasteiger partial charge in [-0.25, -0.2) is 4.21 Å². The van der Waals surface area contributed by atoms with Gasteiger partial charge in [-0.15, -0.1) is 0 Å². The van der Waals surface area contributed by atoms with Gasteiger partial charge in [0.2, 0.25) is 0 Å². The van der Waals surface area contributed by atoms with E-state index in [-0.39, 0.29) is 0 Å². The molecular weight excluding hydrogens is 304 g/mol. The lowest BCUT2D eigenvalue weighted by Gasteiger charge is -2.10. The van der Waals surface area contributed by atoms with Gasteiger partial charge in [-0.1, -0.05) is 29.8 Å². The van der Waals surface area contributed by atoms with E-state index in [1.807, 2.05) is 43.3 Å². The second kappa shape index (κ2) is 6.56. The third kappa shape index (κ3) is 4.27. The van der Waals surface area contributed by atoms with E-state index in [0.29, 0.717) is 11.3 Å². The molecule has 0 aliphatic carbocycles. The monoisotopic (exact) mass is 322 g/mol. The fraction of sp³-hybridized carbons (Fsp3) is 0.250. The molecule has 0 aliphatic rings. The first-order valence-corrected chi connectivity index (χ1v) is 9.04. The Morgan fingerprint density at radius 1 is 1.14 bits per heavy atom. The van der Waals surface area contributed by atoms with Crippen LogP contribution < -0.4 is 4.74 Å². The van der Waals surface area contributed by atoms with Crippen molar-refractivity contribution in [2.75, 3.05) is 7.11 Å². The molecule has 0 saturated carbocycles. The van der Waals surface area contributed by atoms with E-state index in [4.69, 9.17) is 15.9 Å². The topological polar surface area (TPSA) is 46.5 Å². The highest BCUT2D eigenvalue weighted by Gasteiger charge is 2.12. The molecule has 0 amide bonds. The van der Waals surface area contributed by atoms with Crippen LogP contribution in [-0.4, -0.2) is 15.9 Å². The molecule has 2 aromatic carbocycles. The van der Waals surface area contributed by atoms with E-state index in [9.17, 15) is 8.76 Å². The Balaban J connectivity index is 2.21. The average molecular weight is 322 g/mol. The summed E-state index contributed by atoms with van der Waals surface area (Å²) in [7, 11) is -1.72. The fourth-order valence-corrected chi connectivity index (χ4v) is 3.45.